The number of para-hydroxylation sites is 1. The Morgan fingerprint density at radius 1 is 1.53 bits per heavy atom. The number of hydrogen-bond acceptors (Lipinski definition) is 2. The molecule has 0 bridgehead atoms. The lowest BCUT2D eigenvalue weighted by molar-refractivity contribution is -0.123. The maximum Gasteiger partial charge on any atom is 0.174 e. The van der Waals surface area contributed by atoms with E-state index in [0.717, 1.165) is 0 Å². The Morgan fingerprint density at radius 3 is 2.73 bits per heavy atom. The highest BCUT2D eigenvalue weighted by molar-refractivity contribution is 6.32. The van der Waals surface area contributed by atoms with Gasteiger partial charge in [-0.2, -0.15) is 0 Å². The summed E-state index contributed by atoms with van der Waals surface area (Å²) in [5.41, 5.74) is 0. The molecule has 15 heavy (non-hydrogen) atoms. The zero-order valence-electron chi connectivity index (χ0n) is 8.59. The normalized spacial score (nSPS) is 10.5. The van der Waals surface area contributed by atoms with Gasteiger partial charge in [0.25, 0.3) is 0 Å². The molecule has 0 saturated carbocycles. The highest BCUT2D eigenvalue weighted by Crippen LogP contribution is 2.27. The summed E-state index contributed by atoms with van der Waals surface area (Å²) in [5.74, 6) is -0.836. The number of hydrogen-bond donors (Lipinski definition) is 0. The highest BCUT2D eigenvalue weighted by atomic mass is 35.5. The van der Waals surface area contributed by atoms with Crippen LogP contribution in [-0.2, 0) is 4.79 Å². The largest absolute Gasteiger partial charge is 0.481 e. The first-order valence-electron chi connectivity index (χ1n) is 4.62. The van der Waals surface area contributed by atoms with Crippen LogP contribution in [0.15, 0.2) is 18.2 Å². The Bertz CT molecular complexity index is 343. The van der Waals surface area contributed by atoms with Crippen LogP contribution in [0.3, 0.4) is 0 Å². The molecular weight excluding hydrogens is 219 g/mol. The maximum absolute atomic E-state index is 13.2. The molecule has 1 aromatic rings. The van der Waals surface area contributed by atoms with Crippen molar-refractivity contribution in [1.29, 1.82) is 0 Å². The lowest BCUT2D eigenvalue weighted by Crippen LogP contribution is -2.17. The lowest BCUT2D eigenvalue weighted by Gasteiger charge is -2.09. The minimum Gasteiger partial charge on any atom is -0.481 e. The smallest absolute Gasteiger partial charge is 0.174 e. The molecule has 82 valence electrons. The molecule has 2 nitrogen and oxygen atoms in total. The summed E-state index contributed by atoms with van der Waals surface area (Å²) in [6, 6.07) is 4.23. The molecule has 0 aliphatic heterocycles. The van der Waals surface area contributed by atoms with Gasteiger partial charge in [-0.1, -0.05) is 31.5 Å². The van der Waals surface area contributed by atoms with Crippen molar-refractivity contribution < 1.29 is 13.9 Å². The van der Waals surface area contributed by atoms with Crippen LogP contribution in [-0.4, -0.2) is 12.4 Å². The van der Waals surface area contributed by atoms with E-state index in [-0.39, 0.29) is 29.1 Å². The highest BCUT2D eigenvalue weighted by Gasteiger charge is 2.12. The average molecular weight is 231 g/mol. The fourth-order valence-corrected chi connectivity index (χ4v) is 1.15. The zero-order valence-corrected chi connectivity index (χ0v) is 9.34. The topological polar surface area (TPSA) is 26.3 Å². The van der Waals surface area contributed by atoms with Gasteiger partial charge in [0.2, 0.25) is 0 Å². The van der Waals surface area contributed by atoms with Gasteiger partial charge < -0.3 is 4.74 Å². The number of carbonyl (C=O) groups excluding carboxylic acids is 1. The first-order valence-corrected chi connectivity index (χ1v) is 4.99. The van der Waals surface area contributed by atoms with Crippen LogP contribution in [0.2, 0.25) is 5.02 Å². The number of ether oxygens (including phenoxy) is 1. The van der Waals surface area contributed by atoms with Crippen molar-refractivity contribution in [3.05, 3.63) is 29.0 Å². The average Bonchev–Trinajstić information content (AvgIpc) is 2.16. The van der Waals surface area contributed by atoms with E-state index in [1.807, 2.05) is 0 Å². The molecule has 0 atom stereocenters. The van der Waals surface area contributed by atoms with Crippen LogP contribution in [0.25, 0.3) is 0 Å². The molecule has 0 heterocycles. The van der Waals surface area contributed by atoms with Gasteiger partial charge >= 0.3 is 0 Å². The molecule has 0 unspecified atom stereocenters. The lowest BCUT2D eigenvalue weighted by atomic mass is 10.1. The van der Waals surface area contributed by atoms with Crippen LogP contribution >= 0.6 is 11.6 Å². The van der Waals surface area contributed by atoms with Gasteiger partial charge in [0.05, 0.1) is 5.02 Å². The first-order chi connectivity index (χ1) is 7.02. The van der Waals surface area contributed by atoms with Gasteiger partial charge in [0.15, 0.2) is 17.3 Å². The van der Waals surface area contributed by atoms with Crippen molar-refractivity contribution in [2.45, 2.75) is 13.8 Å². The van der Waals surface area contributed by atoms with Gasteiger partial charge in [-0.25, -0.2) is 4.39 Å². The van der Waals surface area contributed by atoms with E-state index >= 15 is 0 Å². The Kier molecular flexibility index (Phi) is 4.09. The van der Waals surface area contributed by atoms with E-state index in [2.05, 4.69) is 0 Å². The summed E-state index contributed by atoms with van der Waals surface area (Å²) >= 11 is 5.72. The van der Waals surface area contributed by atoms with Crippen molar-refractivity contribution in [1.82, 2.24) is 0 Å². The summed E-state index contributed by atoms with van der Waals surface area (Å²) in [6.45, 7) is 3.36. The molecule has 0 amide bonds. The standard InChI is InChI=1S/C11H12ClFO2/c1-7(2)10(14)6-15-11-8(12)4-3-5-9(11)13/h3-5,7H,6H2,1-2H3. The fraction of sp³-hybridized carbons (Fsp3) is 0.364. The van der Waals surface area contributed by atoms with Crippen LogP contribution in [0.5, 0.6) is 5.75 Å². The molecule has 0 N–H and O–H groups in total. The maximum atomic E-state index is 13.2. The van der Waals surface area contributed by atoms with E-state index in [4.69, 9.17) is 16.3 Å². The second-order valence-electron chi connectivity index (χ2n) is 3.46. The van der Waals surface area contributed by atoms with Gasteiger partial charge in [-0.05, 0) is 12.1 Å². The predicted octanol–water partition coefficient (Wildman–Crippen LogP) is 3.08. The Balaban J connectivity index is 2.69. The van der Waals surface area contributed by atoms with Crippen LogP contribution < -0.4 is 4.74 Å². The molecule has 4 heteroatoms. The van der Waals surface area contributed by atoms with Gasteiger partial charge in [0.1, 0.15) is 6.61 Å². The minimum absolute atomic E-state index is 0.0619. The minimum atomic E-state index is -0.556. The first kappa shape index (κ1) is 12.0. The number of Topliss-reactive ketones (excluding diaryl/α,β-unsaturated/α-hetero) is 1. The quantitative estimate of drug-likeness (QED) is 0.795. The molecule has 1 rings (SSSR count). The van der Waals surface area contributed by atoms with Crippen LogP contribution in [0.4, 0.5) is 4.39 Å². The Morgan fingerprint density at radius 2 is 2.20 bits per heavy atom. The molecule has 1 aromatic carbocycles. The van der Waals surface area contributed by atoms with Crippen LogP contribution in [0, 0.1) is 11.7 Å². The van der Waals surface area contributed by atoms with Crippen molar-refractivity contribution in [2.75, 3.05) is 6.61 Å². The molecular formula is C11H12ClFO2. The second-order valence-corrected chi connectivity index (χ2v) is 3.87. The molecule has 0 aliphatic rings. The van der Waals surface area contributed by atoms with E-state index in [9.17, 15) is 9.18 Å². The van der Waals surface area contributed by atoms with Gasteiger partial charge in [-0.3, -0.25) is 4.79 Å². The third kappa shape index (κ3) is 3.20. The predicted molar refractivity (Wildman–Crippen MR) is 56.8 cm³/mol. The third-order valence-electron chi connectivity index (χ3n) is 1.92. The summed E-state index contributed by atoms with van der Waals surface area (Å²) in [6.07, 6.45) is 0. The van der Waals surface area contributed by atoms with E-state index in [1.54, 1.807) is 13.8 Å². The number of rotatable bonds is 4. The molecule has 0 aromatic heterocycles. The van der Waals surface area contributed by atoms with E-state index in [1.165, 1.54) is 18.2 Å². The number of benzene rings is 1. The second kappa shape index (κ2) is 5.12. The van der Waals surface area contributed by atoms with Crippen molar-refractivity contribution in [3.63, 3.8) is 0 Å². The molecule has 0 fully saturated rings. The van der Waals surface area contributed by atoms with Gasteiger partial charge in [0, 0.05) is 5.92 Å². The molecule has 0 spiro atoms. The van der Waals surface area contributed by atoms with Gasteiger partial charge in [-0.15, -0.1) is 0 Å². The van der Waals surface area contributed by atoms with E-state index in [0.29, 0.717) is 0 Å². The SMILES string of the molecule is CC(C)C(=O)COc1c(F)cccc1Cl. The summed E-state index contributed by atoms with van der Waals surface area (Å²) in [7, 11) is 0. The Labute approximate surface area is 93.0 Å². The summed E-state index contributed by atoms with van der Waals surface area (Å²) in [5, 5.41) is 0.173. The summed E-state index contributed by atoms with van der Waals surface area (Å²) < 4.78 is 18.2. The fourth-order valence-electron chi connectivity index (χ4n) is 0.930. The van der Waals surface area contributed by atoms with Crippen molar-refractivity contribution in [2.24, 2.45) is 5.92 Å². The van der Waals surface area contributed by atoms with E-state index < -0.39 is 5.82 Å². The zero-order chi connectivity index (χ0) is 11.4. The third-order valence-corrected chi connectivity index (χ3v) is 2.22. The monoisotopic (exact) mass is 230 g/mol. The van der Waals surface area contributed by atoms with Crippen molar-refractivity contribution in [3.8, 4) is 5.75 Å². The Hall–Kier alpha value is -1.09. The molecule has 0 aliphatic carbocycles. The van der Waals surface area contributed by atoms with Crippen molar-refractivity contribution >= 4 is 17.4 Å². The number of ketones is 1. The molecule has 0 saturated heterocycles. The number of carbonyl (C=O) groups is 1. The summed E-state index contributed by atoms with van der Waals surface area (Å²) in [4.78, 5) is 11.2. The number of halogens is 2. The van der Waals surface area contributed by atoms with Crippen LogP contribution in [0.1, 0.15) is 13.8 Å². The molecule has 0 radical (unpaired) electrons.